The minimum Gasteiger partial charge on any atom is -0.497 e. The van der Waals surface area contributed by atoms with Gasteiger partial charge >= 0.3 is 0 Å². The van der Waals surface area contributed by atoms with Gasteiger partial charge in [0.1, 0.15) is 17.8 Å². The molecule has 0 amide bonds. The number of H-pyrrole nitrogens is 4. The van der Waals surface area contributed by atoms with Gasteiger partial charge < -0.3 is 29.4 Å². The van der Waals surface area contributed by atoms with Crippen molar-refractivity contribution in [3.05, 3.63) is 222 Å². The van der Waals surface area contributed by atoms with E-state index in [1.807, 2.05) is 24.3 Å². The molecule has 4 aliphatic heterocycles. The first kappa shape index (κ1) is 100. The van der Waals surface area contributed by atoms with Crippen LogP contribution in [0.1, 0.15) is 426 Å². The highest BCUT2D eigenvalue weighted by atomic mass is 16.5. The van der Waals surface area contributed by atoms with Crippen LogP contribution >= 0.6 is 0 Å². The number of aldehydes is 1. The number of unbranched alkanes of at least 4 members (excludes halogenated alkanes) is 24. The Balaban J connectivity index is 1.09. The molecule has 0 spiro atoms. The fraction of sp³-hybridized carbons (Fsp3) is 0.476. The number of nitrogens with one attached hydrogen (secondary N) is 4. The summed E-state index contributed by atoms with van der Waals surface area (Å²) >= 11 is 0. The third-order valence-corrected chi connectivity index (χ3v) is 30.3. The number of hydrogen-bond acceptors (Lipinski definition) is 7. The number of hydrogen-bond donors (Lipinski definition) is 4. The van der Waals surface area contributed by atoms with E-state index < -0.39 is 0 Å². The molecule has 11 heteroatoms. The predicted octanol–water partition coefficient (Wildman–Crippen LogP) is 36.4. The van der Waals surface area contributed by atoms with Crippen LogP contribution in [0, 0.1) is 27.7 Å². The summed E-state index contributed by atoms with van der Waals surface area (Å²) in [5.41, 5.74) is 50.0. The molecule has 0 unspecified atom stereocenters. The third kappa shape index (κ3) is 22.8. The van der Waals surface area contributed by atoms with Gasteiger partial charge in [-0.05, 0) is 317 Å². The quantitative estimate of drug-likeness (QED) is 0.0219. The topological polar surface area (TPSA) is 150 Å². The van der Waals surface area contributed by atoms with Gasteiger partial charge in [-0.1, -0.05) is 282 Å². The minimum absolute atomic E-state index is 0.662. The molecule has 0 atom stereocenters. The molecule has 0 radical (unpaired) electrons. The van der Waals surface area contributed by atoms with Gasteiger partial charge in [0.2, 0.25) is 0 Å². The van der Waals surface area contributed by atoms with Gasteiger partial charge in [0.15, 0.2) is 0 Å². The molecule has 11 nitrogen and oxygen atoms in total. The Bertz CT molecular complexity index is 6300. The number of methoxy groups -OCH3 is 2. The van der Waals surface area contributed by atoms with Crippen molar-refractivity contribution < 1.29 is 14.3 Å². The number of rotatable bonds is 49. The van der Waals surface area contributed by atoms with Gasteiger partial charge in [0, 0.05) is 61.9 Å². The first-order valence-electron chi connectivity index (χ1n) is 53.2. The van der Waals surface area contributed by atoms with E-state index in [1.165, 1.54) is 204 Å². The molecular formula is C124H160N8O3. The molecule has 4 N–H and O–H groups in total. The van der Waals surface area contributed by atoms with Gasteiger partial charge in [-0.15, -0.1) is 0 Å². The Hall–Kier alpha value is -10.7. The summed E-state index contributed by atoms with van der Waals surface area (Å²) in [6, 6.07) is 43.4. The Morgan fingerprint density at radius 2 is 0.533 bits per heavy atom. The Kier molecular flexibility index (Phi) is 35.9. The number of allylic oxidation sites excluding steroid dienone is 8. The summed E-state index contributed by atoms with van der Waals surface area (Å²) in [7, 11) is 3.49. The number of ether oxygens (including phenoxy) is 2. The van der Waals surface area contributed by atoms with Crippen LogP contribution in [0.5, 0.6) is 11.5 Å². The average Bonchev–Trinajstić information content (AvgIpc) is 1.59. The van der Waals surface area contributed by atoms with E-state index in [0.29, 0.717) is 12.0 Å². The molecule has 6 aromatic heterocycles. The number of carbonyl (C=O) groups excluding carboxylic acids is 1. The van der Waals surface area contributed by atoms with Gasteiger partial charge in [0.25, 0.3) is 0 Å². The van der Waals surface area contributed by atoms with Gasteiger partial charge in [-0.2, -0.15) is 0 Å². The first-order chi connectivity index (χ1) is 65.9. The summed E-state index contributed by atoms with van der Waals surface area (Å²) in [4.78, 5) is 54.5. The van der Waals surface area contributed by atoms with E-state index >= 15 is 0 Å². The maximum atomic E-state index is 12.5. The lowest BCUT2D eigenvalue weighted by Gasteiger charge is -2.12. The fourth-order valence-corrected chi connectivity index (χ4v) is 22.1. The Morgan fingerprint density at radius 3 is 0.778 bits per heavy atom. The highest BCUT2D eigenvalue weighted by Crippen LogP contribution is 2.50. The minimum atomic E-state index is 0.662. The van der Waals surface area contributed by atoms with Crippen molar-refractivity contribution >= 4 is 95.0 Å². The SMILES string of the molecule is CCCCCCC1=C(C)c2nc1cc1[nH]c(c(C)c1CCCCCC)c(-c1ccc(C=O)cc1)c1nc(cc3[nH]c(c(C)c3CCCCCC)c2-c2ccc(-c3c4nc(cc5[nH]c(c(C)c5CCCCCC)c(-c5ccc(Cc6cc(OC)ccc6OC)cc5)c5nc(cc6[nH]c3c(C)c6CCCCCC)C(CCCCCC)=C5C)C(CCCCCC)=C4C)cc2)C(CCCCCC)=C1C. The highest BCUT2D eigenvalue weighted by Gasteiger charge is 2.32. The van der Waals surface area contributed by atoms with E-state index in [-0.39, 0.29) is 0 Å². The van der Waals surface area contributed by atoms with Crippen LogP contribution in [0.25, 0.3) is 133 Å². The van der Waals surface area contributed by atoms with Crippen LogP contribution < -0.4 is 9.47 Å². The molecule has 0 aliphatic carbocycles. The average molecular weight is 1810 g/mol. The van der Waals surface area contributed by atoms with Crippen molar-refractivity contribution in [2.24, 2.45) is 0 Å². The molecule has 10 aromatic rings. The molecule has 135 heavy (non-hydrogen) atoms. The van der Waals surface area contributed by atoms with E-state index in [1.54, 1.807) is 14.2 Å². The summed E-state index contributed by atoms with van der Waals surface area (Å²) in [6.45, 7) is 37.7. The number of carbonyl (C=O) groups is 1. The zero-order valence-electron chi connectivity index (χ0n) is 86.1. The first-order valence-corrected chi connectivity index (χ1v) is 53.2. The van der Waals surface area contributed by atoms with Crippen molar-refractivity contribution in [1.82, 2.24) is 39.9 Å². The lowest BCUT2D eigenvalue weighted by atomic mass is 9.91. The predicted molar refractivity (Wildman–Crippen MR) is 580 cm³/mol. The largest absolute Gasteiger partial charge is 0.497 e. The van der Waals surface area contributed by atoms with Crippen LogP contribution in [0.2, 0.25) is 0 Å². The molecule has 0 saturated carbocycles. The van der Waals surface area contributed by atoms with E-state index in [0.717, 1.165) is 305 Å². The highest BCUT2D eigenvalue weighted by molar-refractivity contribution is 6.07. The van der Waals surface area contributed by atoms with E-state index in [2.05, 4.69) is 222 Å². The van der Waals surface area contributed by atoms with Gasteiger partial charge in [-0.3, -0.25) is 4.79 Å². The second-order valence-corrected chi connectivity index (χ2v) is 39.8. The van der Waals surface area contributed by atoms with Crippen LogP contribution in [0.4, 0.5) is 0 Å². The van der Waals surface area contributed by atoms with Crippen molar-refractivity contribution in [2.75, 3.05) is 14.2 Å². The fourth-order valence-electron chi connectivity index (χ4n) is 22.1. The second kappa shape index (κ2) is 48.4. The number of aromatic nitrogens is 8. The van der Waals surface area contributed by atoms with Crippen LogP contribution in [0.15, 0.2) is 115 Å². The van der Waals surface area contributed by atoms with Crippen LogP contribution in [-0.2, 0) is 32.1 Å². The molecule has 4 aromatic carbocycles. The molecule has 4 aliphatic rings. The number of aryl methyl sites for hydroxylation is 8. The van der Waals surface area contributed by atoms with Crippen LogP contribution in [-0.4, -0.2) is 60.4 Å². The van der Waals surface area contributed by atoms with Gasteiger partial charge in [0.05, 0.1) is 81.8 Å². The second-order valence-electron chi connectivity index (χ2n) is 39.8. The maximum Gasteiger partial charge on any atom is 0.150 e. The third-order valence-electron chi connectivity index (χ3n) is 30.3. The van der Waals surface area contributed by atoms with Crippen molar-refractivity contribution in [3.63, 3.8) is 0 Å². The van der Waals surface area contributed by atoms with Gasteiger partial charge in [-0.25, -0.2) is 19.9 Å². The van der Waals surface area contributed by atoms with Crippen LogP contribution in [0.3, 0.4) is 0 Å². The number of fused-ring (bicyclic) bond motifs is 16. The van der Waals surface area contributed by atoms with E-state index in [9.17, 15) is 4.79 Å². The lowest BCUT2D eigenvalue weighted by Crippen LogP contribution is -1.96. The monoisotopic (exact) mass is 1810 g/mol. The van der Waals surface area contributed by atoms with Crippen molar-refractivity contribution in [3.8, 4) is 56.0 Å². The summed E-state index contributed by atoms with van der Waals surface area (Å²) in [5, 5.41) is 0. The number of nitrogens with zero attached hydrogens (tertiary/aromatic N) is 4. The summed E-state index contributed by atoms with van der Waals surface area (Å²) in [6.07, 6.45) is 46.0. The normalized spacial score (nSPS) is 12.9. The lowest BCUT2D eigenvalue weighted by molar-refractivity contribution is 0.112. The number of aromatic amines is 4. The molecule has 14 rings (SSSR count). The smallest absolute Gasteiger partial charge is 0.150 e. The summed E-state index contributed by atoms with van der Waals surface area (Å²) < 4.78 is 11.7. The standard InChI is InChI=1S/C124H160N8O3/c1-19-27-35-43-51-96-80(9)117-113(90-63-59-88(60-64-90)73-94-74-95(134-17)71-72-112(94)135-18)118-81(10)97(52-44-36-28-20-2)105(126-118)76-109-101(56-48-40-32-24-6)85(14)122(130-109)115(121-84(13)100(55-47-39-31-23-5)108(129-121)75-104(96)125-117)92-67-69-93(70-68-92)116-123-86(15)102(57-49-41-33-25-7)110(131-123)77-106-98(53-45-37-29-21-3)82(11)119(127-106)114(91-65-61-89(79-133)62-66-91)120-83(12)99(54-46-38-30-22-4)107(128-120)78-111-103(58-50-42-34-26-8)87(16)124(116)132-111/h59-72,74-79,125,127,130,132H,19-58,73H2,1-18H3. The zero-order valence-corrected chi connectivity index (χ0v) is 86.1. The molecule has 0 fully saturated rings. The Labute approximate surface area is 810 Å². The molecule has 16 bridgehead atoms. The molecule has 714 valence electrons. The molecular weight excluding hydrogens is 1650 g/mol. The van der Waals surface area contributed by atoms with E-state index in [4.69, 9.17) is 29.4 Å². The molecule has 10 heterocycles. The van der Waals surface area contributed by atoms with Crippen molar-refractivity contribution in [1.29, 1.82) is 0 Å². The zero-order chi connectivity index (χ0) is 95.2. The van der Waals surface area contributed by atoms with Crippen molar-refractivity contribution in [2.45, 2.75) is 374 Å². The molecule has 0 saturated heterocycles. The maximum absolute atomic E-state index is 12.5. The number of benzene rings is 4. The summed E-state index contributed by atoms with van der Waals surface area (Å²) in [5.74, 6) is 1.67. The Morgan fingerprint density at radius 1 is 0.281 bits per heavy atom.